The van der Waals surface area contributed by atoms with Gasteiger partial charge in [0.2, 0.25) is 5.91 Å². The van der Waals surface area contributed by atoms with Crippen molar-refractivity contribution in [3.05, 3.63) is 35.9 Å². The van der Waals surface area contributed by atoms with Crippen LogP contribution in [0.1, 0.15) is 18.6 Å². The summed E-state index contributed by atoms with van der Waals surface area (Å²) in [6.07, 6.45) is -0.0390. The molecule has 1 fully saturated rings. The van der Waals surface area contributed by atoms with Gasteiger partial charge < -0.3 is 15.4 Å². The highest BCUT2D eigenvalue weighted by Crippen LogP contribution is 2.24. The zero-order chi connectivity index (χ0) is 12.3. The molecule has 1 amide bonds. The molecule has 4 heteroatoms. The van der Waals surface area contributed by atoms with E-state index in [0.717, 1.165) is 5.56 Å². The lowest BCUT2D eigenvalue weighted by molar-refractivity contribution is -0.142. The van der Waals surface area contributed by atoms with E-state index in [2.05, 4.69) is 0 Å². The van der Waals surface area contributed by atoms with Crippen LogP contribution in [0.5, 0.6) is 0 Å². The van der Waals surface area contributed by atoms with Gasteiger partial charge in [0.15, 0.2) is 0 Å². The SMILES string of the molecule is CC1COC(c2ccccc2)CN1C(=O)CN. The van der Waals surface area contributed by atoms with E-state index in [4.69, 9.17) is 10.5 Å². The zero-order valence-electron chi connectivity index (χ0n) is 10.0. The van der Waals surface area contributed by atoms with Crippen molar-refractivity contribution >= 4 is 5.91 Å². The van der Waals surface area contributed by atoms with Crippen molar-refractivity contribution in [1.82, 2.24) is 4.90 Å². The van der Waals surface area contributed by atoms with Crippen LogP contribution < -0.4 is 5.73 Å². The zero-order valence-corrected chi connectivity index (χ0v) is 10.0. The lowest BCUT2D eigenvalue weighted by Crippen LogP contribution is -2.50. The van der Waals surface area contributed by atoms with Gasteiger partial charge >= 0.3 is 0 Å². The number of morpholine rings is 1. The molecule has 0 bridgehead atoms. The van der Waals surface area contributed by atoms with Gasteiger partial charge in [-0.2, -0.15) is 0 Å². The third kappa shape index (κ3) is 2.65. The van der Waals surface area contributed by atoms with Crippen molar-refractivity contribution in [1.29, 1.82) is 0 Å². The Hall–Kier alpha value is -1.39. The van der Waals surface area contributed by atoms with E-state index in [9.17, 15) is 4.79 Å². The highest BCUT2D eigenvalue weighted by Gasteiger charge is 2.29. The van der Waals surface area contributed by atoms with Gasteiger partial charge in [0.05, 0.1) is 25.7 Å². The maximum atomic E-state index is 11.7. The highest BCUT2D eigenvalue weighted by molar-refractivity contribution is 5.78. The summed E-state index contributed by atoms with van der Waals surface area (Å²) in [5.41, 5.74) is 6.52. The molecule has 1 aromatic rings. The summed E-state index contributed by atoms with van der Waals surface area (Å²) in [5, 5.41) is 0. The average molecular weight is 234 g/mol. The number of nitrogens with two attached hydrogens (primary N) is 1. The van der Waals surface area contributed by atoms with Crippen molar-refractivity contribution in [2.75, 3.05) is 19.7 Å². The van der Waals surface area contributed by atoms with Crippen molar-refractivity contribution in [2.45, 2.75) is 19.1 Å². The topological polar surface area (TPSA) is 55.6 Å². The van der Waals surface area contributed by atoms with Crippen molar-refractivity contribution in [3.8, 4) is 0 Å². The second-order valence-electron chi connectivity index (χ2n) is 4.33. The van der Waals surface area contributed by atoms with Crippen LogP contribution in [-0.4, -0.2) is 36.5 Å². The summed E-state index contributed by atoms with van der Waals surface area (Å²) >= 11 is 0. The first-order chi connectivity index (χ1) is 8.22. The Morgan fingerprint density at radius 2 is 2.18 bits per heavy atom. The van der Waals surface area contributed by atoms with Crippen molar-refractivity contribution in [3.63, 3.8) is 0 Å². The number of rotatable bonds is 2. The van der Waals surface area contributed by atoms with Crippen LogP contribution in [-0.2, 0) is 9.53 Å². The highest BCUT2D eigenvalue weighted by atomic mass is 16.5. The van der Waals surface area contributed by atoms with E-state index < -0.39 is 0 Å². The first-order valence-electron chi connectivity index (χ1n) is 5.88. The Morgan fingerprint density at radius 1 is 1.47 bits per heavy atom. The third-order valence-corrected chi connectivity index (χ3v) is 3.10. The van der Waals surface area contributed by atoms with Crippen LogP contribution in [0.15, 0.2) is 30.3 Å². The lowest BCUT2D eigenvalue weighted by Gasteiger charge is -2.38. The van der Waals surface area contributed by atoms with Crippen LogP contribution in [0, 0.1) is 0 Å². The summed E-state index contributed by atoms with van der Waals surface area (Å²) in [6.45, 7) is 3.19. The summed E-state index contributed by atoms with van der Waals surface area (Å²) in [5.74, 6) is -0.0123. The second kappa shape index (κ2) is 5.29. The molecule has 2 N–H and O–H groups in total. The minimum absolute atomic E-state index is 0.0123. The van der Waals surface area contributed by atoms with Crippen molar-refractivity contribution < 1.29 is 9.53 Å². The Labute approximate surface area is 101 Å². The molecule has 0 aromatic heterocycles. The first kappa shape index (κ1) is 12.1. The Bertz CT molecular complexity index is 380. The number of benzene rings is 1. The molecule has 1 heterocycles. The molecule has 0 spiro atoms. The maximum Gasteiger partial charge on any atom is 0.236 e. The molecular weight excluding hydrogens is 216 g/mol. The molecular formula is C13H18N2O2. The van der Waals surface area contributed by atoms with E-state index >= 15 is 0 Å². The summed E-state index contributed by atoms with van der Waals surface area (Å²) in [4.78, 5) is 13.5. The van der Waals surface area contributed by atoms with Crippen LogP contribution >= 0.6 is 0 Å². The Morgan fingerprint density at radius 3 is 2.82 bits per heavy atom. The molecule has 0 radical (unpaired) electrons. The summed E-state index contributed by atoms with van der Waals surface area (Å²) in [6, 6.07) is 10.1. The standard InChI is InChI=1S/C13H18N2O2/c1-10-9-17-12(8-15(10)13(16)7-14)11-5-3-2-4-6-11/h2-6,10,12H,7-9,14H2,1H3. The van der Waals surface area contributed by atoms with Crippen molar-refractivity contribution in [2.24, 2.45) is 5.73 Å². The largest absolute Gasteiger partial charge is 0.370 e. The molecule has 1 aromatic carbocycles. The fourth-order valence-corrected chi connectivity index (χ4v) is 2.09. The van der Waals surface area contributed by atoms with Crippen LogP contribution in [0.2, 0.25) is 0 Å². The molecule has 2 unspecified atom stereocenters. The van der Waals surface area contributed by atoms with Gasteiger partial charge in [0.1, 0.15) is 6.10 Å². The van der Waals surface area contributed by atoms with E-state index in [1.165, 1.54) is 0 Å². The minimum Gasteiger partial charge on any atom is -0.370 e. The molecule has 1 aliphatic heterocycles. The number of amides is 1. The fourth-order valence-electron chi connectivity index (χ4n) is 2.09. The van der Waals surface area contributed by atoms with E-state index in [0.29, 0.717) is 13.2 Å². The normalized spacial score (nSPS) is 24.7. The molecule has 0 saturated carbocycles. The van der Waals surface area contributed by atoms with Crippen LogP contribution in [0.4, 0.5) is 0 Å². The predicted octanol–water partition coefficient (Wildman–Crippen LogP) is 0.934. The van der Waals surface area contributed by atoms with E-state index in [1.54, 1.807) is 4.90 Å². The van der Waals surface area contributed by atoms with Gasteiger partial charge in [0, 0.05) is 0 Å². The number of nitrogens with zero attached hydrogens (tertiary/aromatic N) is 1. The molecule has 4 nitrogen and oxygen atoms in total. The van der Waals surface area contributed by atoms with Gasteiger partial charge in [0.25, 0.3) is 0 Å². The second-order valence-corrected chi connectivity index (χ2v) is 4.33. The monoisotopic (exact) mass is 234 g/mol. The molecule has 92 valence electrons. The number of hydrogen-bond acceptors (Lipinski definition) is 3. The average Bonchev–Trinajstić information content (AvgIpc) is 2.39. The van der Waals surface area contributed by atoms with Gasteiger partial charge in [-0.25, -0.2) is 0 Å². The molecule has 0 aliphatic carbocycles. The van der Waals surface area contributed by atoms with Crippen LogP contribution in [0.25, 0.3) is 0 Å². The quantitative estimate of drug-likeness (QED) is 0.828. The van der Waals surface area contributed by atoms with E-state index in [-0.39, 0.29) is 24.6 Å². The first-order valence-corrected chi connectivity index (χ1v) is 5.88. The molecule has 1 saturated heterocycles. The van der Waals surface area contributed by atoms with E-state index in [1.807, 2.05) is 37.3 Å². The van der Waals surface area contributed by atoms with Gasteiger partial charge in [-0.1, -0.05) is 30.3 Å². The maximum absolute atomic E-state index is 11.7. The number of carbonyl (C=O) groups excluding carboxylic acids is 1. The van der Waals surface area contributed by atoms with Gasteiger partial charge in [-0.15, -0.1) is 0 Å². The molecule has 17 heavy (non-hydrogen) atoms. The summed E-state index contributed by atoms with van der Waals surface area (Å²) < 4.78 is 5.77. The van der Waals surface area contributed by atoms with Crippen LogP contribution in [0.3, 0.4) is 0 Å². The summed E-state index contributed by atoms with van der Waals surface area (Å²) in [7, 11) is 0. The minimum atomic E-state index is -0.0390. The van der Waals surface area contributed by atoms with Gasteiger partial charge in [-0.05, 0) is 12.5 Å². The fraction of sp³-hybridized carbons (Fsp3) is 0.462. The Balaban J connectivity index is 2.10. The Kier molecular flexibility index (Phi) is 3.76. The van der Waals surface area contributed by atoms with Gasteiger partial charge in [-0.3, -0.25) is 4.79 Å². The molecule has 1 aliphatic rings. The molecule has 2 atom stereocenters. The molecule has 2 rings (SSSR count). The third-order valence-electron chi connectivity index (χ3n) is 3.10. The predicted molar refractivity (Wildman–Crippen MR) is 65.4 cm³/mol. The number of carbonyl (C=O) groups is 1. The number of ether oxygens (including phenoxy) is 1. The smallest absolute Gasteiger partial charge is 0.236 e. The number of hydrogen-bond donors (Lipinski definition) is 1. The lowest BCUT2D eigenvalue weighted by atomic mass is 10.1.